The minimum absolute atomic E-state index is 0.263. The van der Waals surface area contributed by atoms with E-state index in [4.69, 9.17) is 10.5 Å². The van der Waals surface area contributed by atoms with Crippen LogP contribution in [0, 0.1) is 17.8 Å². The topological polar surface area (TPSA) is 35.2 Å². The Morgan fingerprint density at radius 1 is 1.10 bits per heavy atom. The number of ether oxygens (including phenoxy) is 1. The Kier molecular flexibility index (Phi) is 5.47. The molecule has 0 aliphatic heterocycles. The molecule has 0 radical (unpaired) electrons. The molecule has 1 saturated carbocycles. The first-order chi connectivity index (χ1) is 9.61. The van der Waals surface area contributed by atoms with Crippen LogP contribution in [0.15, 0.2) is 24.3 Å². The Balaban J connectivity index is 1.91. The Labute approximate surface area is 123 Å². The zero-order valence-electron chi connectivity index (χ0n) is 13.1. The number of benzene rings is 1. The van der Waals surface area contributed by atoms with E-state index in [1.54, 1.807) is 7.11 Å². The van der Waals surface area contributed by atoms with Gasteiger partial charge in [0.1, 0.15) is 5.75 Å². The lowest BCUT2D eigenvalue weighted by atomic mass is 9.74. The fourth-order valence-electron chi connectivity index (χ4n) is 3.53. The van der Waals surface area contributed by atoms with E-state index < -0.39 is 0 Å². The Hall–Kier alpha value is -1.02. The zero-order chi connectivity index (χ0) is 14.5. The molecule has 0 heterocycles. The molecule has 1 aromatic rings. The van der Waals surface area contributed by atoms with Crippen molar-refractivity contribution < 1.29 is 4.74 Å². The molecular weight excluding hydrogens is 246 g/mol. The molecule has 0 amide bonds. The van der Waals surface area contributed by atoms with Gasteiger partial charge < -0.3 is 10.5 Å². The molecule has 1 aliphatic carbocycles. The van der Waals surface area contributed by atoms with Gasteiger partial charge in [-0.1, -0.05) is 32.0 Å². The molecule has 1 aliphatic rings. The molecule has 0 bridgehead atoms. The number of nitrogens with two attached hydrogens (primary N) is 1. The lowest BCUT2D eigenvalue weighted by Crippen LogP contribution is -2.35. The van der Waals surface area contributed by atoms with Crippen molar-refractivity contribution in [3.63, 3.8) is 0 Å². The lowest BCUT2D eigenvalue weighted by Gasteiger charge is -2.34. The van der Waals surface area contributed by atoms with Crippen molar-refractivity contribution in [2.75, 3.05) is 7.11 Å². The summed E-state index contributed by atoms with van der Waals surface area (Å²) in [5, 5.41) is 0. The SMILES string of the molecule is COc1ccccc1CC(N)C1CCC(C(C)C)CC1. The van der Waals surface area contributed by atoms with E-state index in [1.165, 1.54) is 31.2 Å². The number of para-hydroxylation sites is 1. The van der Waals surface area contributed by atoms with Crippen molar-refractivity contribution >= 4 is 0 Å². The van der Waals surface area contributed by atoms with Gasteiger partial charge in [0.2, 0.25) is 0 Å². The summed E-state index contributed by atoms with van der Waals surface area (Å²) < 4.78 is 5.43. The molecule has 1 unspecified atom stereocenters. The van der Waals surface area contributed by atoms with Gasteiger partial charge in [-0.25, -0.2) is 0 Å². The maximum atomic E-state index is 6.47. The summed E-state index contributed by atoms with van der Waals surface area (Å²) in [5.74, 6) is 3.37. The summed E-state index contributed by atoms with van der Waals surface area (Å²) in [4.78, 5) is 0. The quantitative estimate of drug-likeness (QED) is 0.880. The standard InChI is InChI=1S/C18H29NO/c1-13(2)14-8-10-15(11-9-14)17(19)12-16-6-4-5-7-18(16)20-3/h4-7,13-15,17H,8-12,19H2,1-3H3. The van der Waals surface area contributed by atoms with E-state index in [0.717, 1.165) is 24.0 Å². The van der Waals surface area contributed by atoms with Gasteiger partial charge in [-0.15, -0.1) is 0 Å². The van der Waals surface area contributed by atoms with Crippen LogP contribution < -0.4 is 10.5 Å². The van der Waals surface area contributed by atoms with E-state index >= 15 is 0 Å². The third-order valence-corrected chi connectivity index (χ3v) is 5.01. The summed E-state index contributed by atoms with van der Waals surface area (Å²) in [5.41, 5.74) is 7.71. The summed E-state index contributed by atoms with van der Waals surface area (Å²) in [7, 11) is 1.73. The number of methoxy groups -OCH3 is 1. The van der Waals surface area contributed by atoms with Gasteiger partial charge in [-0.3, -0.25) is 0 Å². The van der Waals surface area contributed by atoms with Gasteiger partial charge in [-0.2, -0.15) is 0 Å². The van der Waals surface area contributed by atoms with Crippen LogP contribution in [0.5, 0.6) is 5.75 Å². The third-order valence-electron chi connectivity index (χ3n) is 5.01. The Morgan fingerprint density at radius 2 is 1.70 bits per heavy atom. The molecule has 2 nitrogen and oxygen atoms in total. The van der Waals surface area contributed by atoms with Crippen molar-refractivity contribution in [3.05, 3.63) is 29.8 Å². The molecule has 112 valence electrons. The van der Waals surface area contributed by atoms with E-state index in [0.29, 0.717) is 5.92 Å². The van der Waals surface area contributed by atoms with Crippen LogP contribution in [0.25, 0.3) is 0 Å². The van der Waals surface area contributed by atoms with Gasteiger partial charge in [0.05, 0.1) is 7.11 Å². The average Bonchev–Trinajstić information content (AvgIpc) is 2.48. The molecule has 1 atom stereocenters. The van der Waals surface area contributed by atoms with Crippen LogP contribution in [0.1, 0.15) is 45.1 Å². The fourth-order valence-corrected chi connectivity index (χ4v) is 3.53. The molecular formula is C18H29NO. The maximum Gasteiger partial charge on any atom is 0.122 e. The smallest absolute Gasteiger partial charge is 0.122 e. The number of hydrogen-bond donors (Lipinski definition) is 1. The van der Waals surface area contributed by atoms with E-state index in [9.17, 15) is 0 Å². The van der Waals surface area contributed by atoms with Crippen LogP contribution in [0.3, 0.4) is 0 Å². The van der Waals surface area contributed by atoms with Gasteiger partial charge in [0.15, 0.2) is 0 Å². The molecule has 0 spiro atoms. The highest BCUT2D eigenvalue weighted by molar-refractivity contribution is 5.33. The van der Waals surface area contributed by atoms with Crippen molar-refractivity contribution in [2.24, 2.45) is 23.5 Å². The summed E-state index contributed by atoms with van der Waals surface area (Å²) in [6, 6.07) is 8.51. The van der Waals surface area contributed by atoms with Crippen LogP contribution in [-0.2, 0) is 6.42 Å². The minimum Gasteiger partial charge on any atom is -0.496 e. The highest BCUT2D eigenvalue weighted by atomic mass is 16.5. The molecule has 1 aromatic carbocycles. The predicted octanol–water partition coefficient (Wildman–Crippen LogP) is 4.03. The lowest BCUT2D eigenvalue weighted by molar-refractivity contribution is 0.202. The molecule has 0 aromatic heterocycles. The van der Waals surface area contributed by atoms with Crippen molar-refractivity contribution in [2.45, 2.75) is 52.0 Å². The third kappa shape index (κ3) is 3.76. The predicted molar refractivity (Wildman–Crippen MR) is 85.0 cm³/mol. The fraction of sp³-hybridized carbons (Fsp3) is 0.667. The number of rotatable bonds is 5. The first kappa shape index (κ1) is 15.4. The normalized spacial score (nSPS) is 24.6. The van der Waals surface area contributed by atoms with Crippen LogP contribution in [-0.4, -0.2) is 13.2 Å². The van der Waals surface area contributed by atoms with Gasteiger partial charge in [-0.05, 0) is 61.5 Å². The second-order valence-corrected chi connectivity index (χ2v) is 6.60. The van der Waals surface area contributed by atoms with Crippen LogP contribution in [0.2, 0.25) is 0 Å². The van der Waals surface area contributed by atoms with E-state index in [1.807, 2.05) is 12.1 Å². The molecule has 2 heteroatoms. The Morgan fingerprint density at radius 3 is 2.30 bits per heavy atom. The van der Waals surface area contributed by atoms with Crippen molar-refractivity contribution in [3.8, 4) is 5.75 Å². The van der Waals surface area contributed by atoms with Crippen LogP contribution in [0.4, 0.5) is 0 Å². The minimum atomic E-state index is 0.263. The summed E-state index contributed by atoms with van der Waals surface area (Å²) in [6.45, 7) is 4.69. The maximum absolute atomic E-state index is 6.47. The first-order valence-corrected chi connectivity index (χ1v) is 7.99. The molecule has 0 saturated heterocycles. The second kappa shape index (κ2) is 7.12. The zero-order valence-corrected chi connectivity index (χ0v) is 13.1. The summed E-state index contributed by atoms with van der Waals surface area (Å²) in [6.07, 6.45) is 6.21. The van der Waals surface area contributed by atoms with E-state index in [-0.39, 0.29) is 6.04 Å². The molecule has 20 heavy (non-hydrogen) atoms. The molecule has 2 N–H and O–H groups in total. The van der Waals surface area contributed by atoms with Gasteiger partial charge in [0, 0.05) is 6.04 Å². The van der Waals surface area contributed by atoms with Gasteiger partial charge in [0.25, 0.3) is 0 Å². The highest BCUT2D eigenvalue weighted by Gasteiger charge is 2.27. The van der Waals surface area contributed by atoms with Gasteiger partial charge >= 0.3 is 0 Å². The van der Waals surface area contributed by atoms with Crippen molar-refractivity contribution in [1.82, 2.24) is 0 Å². The molecule has 1 fully saturated rings. The van der Waals surface area contributed by atoms with Crippen LogP contribution >= 0.6 is 0 Å². The average molecular weight is 275 g/mol. The number of hydrogen-bond acceptors (Lipinski definition) is 2. The largest absolute Gasteiger partial charge is 0.496 e. The first-order valence-electron chi connectivity index (χ1n) is 7.99. The Bertz CT molecular complexity index is 408. The highest BCUT2D eigenvalue weighted by Crippen LogP contribution is 2.35. The van der Waals surface area contributed by atoms with E-state index in [2.05, 4.69) is 26.0 Å². The summed E-state index contributed by atoms with van der Waals surface area (Å²) >= 11 is 0. The second-order valence-electron chi connectivity index (χ2n) is 6.60. The molecule has 2 rings (SSSR count). The van der Waals surface area contributed by atoms with Crippen molar-refractivity contribution in [1.29, 1.82) is 0 Å². The monoisotopic (exact) mass is 275 g/mol.